The first-order valence-corrected chi connectivity index (χ1v) is 10.0. The second kappa shape index (κ2) is 9.70. The molecule has 0 radical (unpaired) electrons. The maximum absolute atomic E-state index is 9.01. The van der Waals surface area contributed by atoms with E-state index in [0.717, 1.165) is 45.1 Å². The number of hydrogen-bond acceptors (Lipinski definition) is 3. The van der Waals surface area contributed by atoms with Crippen molar-refractivity contribution in [3.63, 3.8) is 0 Å². The molecular weight excluding hydrogens is 308 g/mol. The third-order valence-corrected chi connectivity index (χ3v) is 5.45. The molecule has 0 aliphatic carbocycles. The van der Waals surface area contributed by atoms with Gasteiger partial charge in [0.1, 0.15) is 0 Å². The van der Waals surface area contributed by atoms with E-state index in [-0.39, 0.29) is 12.0 Å². The Morgan fingerprint density at radius 2 is 1.80 bits per heavy atom. The van der Waals surface area contributed by atoms with Crippen molar-refractivity contribution in [2.24, 2.45) is 11.8 Å². The van der Waals surface area contributed by atoms with E-state index in [2.05, 4.69) is 62.2 Å². The predicted octanol–water partition coefficient (Wildman–Crippen LogP) is 3.46. The van der Waals surface area contributed by atoms with E-state index < -0.39 is 0 Å². The van der Waals surface area contributed by atoms with Gasteiger partial charge in [0, 0.05) is 6.54 Å². The van der Waals surface area contributed by atoms with Gasteiger partial charge in [-0.05, 0) is 73.8 Å². The van der Waals surface area contributed by atoms with Crippen LogP contribution in [0.4, 0.5) is 0 Å². The number of likely N-dealkylation sites (tertiary alicyclic amines) is 1. The first kappa shape index (κ1) is 20.4. The molecule has 0 saturated carbocycles. The molecule has 1 atom stereocenters. The normalized spacial score (nSPS) is 18.4. The van der Waals surface area contributed by atoms with Crippen molar-refractivity contribution in [3.8, 4) is 0 Å². The predicted molar refractivity (Wildman–Crippen MR) is 107 cm³/mol. The summed E-state index contributed by atoms with van der Waals surface area (Å²) in [7, 11) is 0. The van der Waals surface area contributed by atoms with E-state index in [1.807, 2.05) is 0 Å². The van der Waals surface area contributed by atoms with Crippen LogP contribution in [0.5, 0.6) is 0 Å². The molecule has 1 aliphatic rings. The molecule has 25 heavy (non-hydrogen) atoms. The van der Waals surface area contributed by atoms with E-state index >= 15 is 0 Å². The van der Waals surface area contributed by atoms with Gasteiger partial charge < -0.3 is 15.3 Å². The van der Waals surface area contributed by atoms with Gasteiger partial charge in [0.25, 0.3) is 0 Å². The molecule has 2 rings (SSSR count). The second-order valence-electron chi connectivity index (χ2n) is 8.92. The number of nitrogens with one attached hydrogen (secondary N) is 1. The highest BCUT2D eigenvalue weighted by Gasteiger charge is 2.18. The third-order valence-electron chi connectivity index (χ3n) is 5.45. The lowest BCUT2D eigenvalue weighted by atomic mass is 9.86. The highest BCUT2D eigenvalue weighted by atomic mass is 16.3. The largest absolute Gasteiger partial charge is 0.395 e. The van der Waals surface area contributed by atoms with Gasteiger partial charge in [-0.3, -0.25) is 0 Å². The zero-order chi connectivity index (χ0) is 18.3. The van der Waals surface area contributed by atoms with Crippen LogP contribution >= 0.6 is 0 Å². The molecule has 1 heterocycles. The fraction of sp³-hybridized carbons (Fsp3) is 0.727. The van der Waals surface area contributed by atoms with Crippen LogP contribution in [0.25, 0.3) is 0 Å². The fourth-order valence-corrected chi connectivity index (χ4v) is 3.70. The topological polar surface area (TPSA) is 35.5 Å². The Kier molecular flexibility index (Phi) is 7.92. The second-order valence-corrected chi connectivity index (χ2v) is 8.92. The molecule has 142 valence electrons. The number of piperidine rings is 1. The fourth-order valence-electron chi connectivity index (χ4n) is 3.70. The summed E-state index contributed by atoms with van der Waals surface area (Å²) in [5.74, 6) is 1.46. The van der Waals surface area contributed by atoms with Crippen LogP contribution in [0.3, 0.4) is 0 Å². The number of hydrogen-bond donors (Lipinski definition) is 2. The molecule has 1 aliphatic heterocycles. The molecule has 3 nitrogen and oxygen atoms in total. The van der Waals surface area contributed by atoms with Gasteiger partial charge in [0.05, 0.1) is 6.61 Å². The molecule has 3 heteroatoms. The van der Waals surface area contributed by atoms with Gasteiger partial charge in [0.15, 0.2) is 0 Å². The number of benzene rings is 1. The Morgan fingerprint density at radius 1 is 1.16 bits per heavy atom. The van der Waals surface area contributed by atoms with Gasteiger partial charge in [-0.2, -0.15) is 0 Å². The van der Waals surface area contributed by atoms with Crippen LogP contribution in [0.2, 0.25) is 0 Å². The van der Waals surface area contributed by atoms with E-state index in [1.165, 1.54) is 24.0 Å². The minimum Gasteiger partial charge on any atom is -0.395 e. The Balaban J connectivity index is 1.65. The number of β-amino-alcohol motifs (C(OH)–C–C–N with tert-alkyl or cyclic N) is 1. The van der Waals surface area contributed by atoms with Crippen molar-refractivity contribution in [1.82, 2.24) is 10.2 Å². The minimum absolute atomic E-state index is 0.235. The van der Waals surface area contributed by atoms with Crippen LogP contribution in [-0.2, 0) is 11.8 Å². The standard InChI is InChI=1S/C22H38N2O/c1-18(15-19-5-7-21(8-6-19)22(2,3)4)16-23-17-20-9-11-24(12-10-20)13-14-25/h5-8,18,20,23,25H,9-17H2,1-4H3/t18-/m1/s1. The monoisotopic (exact) mass is 346 g/mol. The van der Waals surface area contributed by atoms with Crippen LogP contribution in [0, 0.1) is 11.8 Å². The van der Waals surface area contributed by atoms with Crippen LogP contribution in [0.1, 0.15) is 51.7 Å². The number of aliphatic hydroxyl groups is 1. The summed E-state index contributed by atoms with van der Waals surface area (Å²) in [6, 6.07) is 9.17. The summed E-state index contributed by atoms with van der Waals surface area (Å²) in [5.41, 5.74) is 3.09. The van der Waals surface area contributed by atoms with E-state index in [1.54, 1.807) is 0 Å². The van der Waals surface area contributed by atoms with E-state index in [4.69, 9.17) is 5.11 Å². The molecule has 0 amide bonds. The summed E-state index contributed by atoms with van der Waals surface area (Å²) >= 11 is 0. The summed E-state index contributed by atoms with van der Waals surface area (Å²) in [5, 5.41) is 12.7. The highest BCUT2D eigenvalue weighted by Crippen LogP contribution is 2.23. The molecule has 1 saturated heterocycles. The average Bonchev–Trinajstić information content (AvgIpc) is 2.56. The van der Waals surface area contributed by atoms with Crippen molar-refractivity contribution in [2.45, 2.75) is 52.4 Å². The molecular formula is C22H38N2O. The number of rotatable bonds is 8. The van der Waals surface area contributed by atoms with Gasteiger partial charge >= 0.3 is 0 Å². The maximum Gasteiger partial charge on any atom is 0.0558 e. The van der Waals surface area contributed by atoms with Crippen molar-refractivity contribution >= 4 is 0 Å². The third kappa shape index (κ3) is 7.08. The first-order valence-electron chi connectivity index (χ1n) is 10.0. The quantitative estimate of drug-likeness (QED) is 0.757. The Morgan fingerprint density at radius 3 is 2.36 bits per heavy atom. The molecule has 1 aromatic carbocycles. The molecule has 2 N–H and O–H groups in total. The van der Waals surface area contributed by atoms with Gasteiger partial charge in [0.2, 0.25) is 0 Å². The number of aliphatic hydroxyl groups excluding tert-OH is 1. The lowest BCUT2D eigenvalue weighted by molar-refractivity contribution is 0.146. The molecule has 1 aromatic rings. The van der Waals surface area contributed by atoms with Crippen LogP contribution in [0.15, 0.2) is 24.3 Å². The molecule has 0 aromatic heterocycles. The van der Waals surface area contributed by atoms with Crippen molar-refractivity contribution in [2.75, 3.05) is 39.3 Å². The zero-order valence-corrected chi connectivity index (χ0v) is 16.7. The number of nitrogens with zero attached hydrogens (tertiary/aromatic N) is 1. The lowest BCUT2D eigenvalue weighted by Gasteiger charge is -2.31. The Labute approximate surface area is 154 Å². The van der Waals surface area contributed by atoms with Crippen molar-refractivity contribution < 1.29 is 5.11 Å². The summed E-state index contributed by atoms with van der Waals surface area (Å²) in [6.07, 6.45) is 3.66. The van der Waals surface area contributed by atoms with Crippen LogP contribution in [-0.4, -0.2) is 49.3 Å². The highest BCUT2D eigenvalue weighted by molar-refractivity contribution is 5.27. The first-order chi connectivity index (χ1) is 11.9. The smallest absolute Gasteiger partial charge is 0.0558 e. The average molecular weight is 347 g/mol. The SMILES string of the molecule is C[C@@H](CNCC1CCN(CCO)CC1)Cc1ccc(C(C)(C)C)cc1. The lowest BCUT2D eigenvalue weighted by Crippen LogP contribution is -2.39. The Bertz CT molecular complexity index is 484. The molecule has 1 fully saturated rings. The molecule has 0 spiro atoms. The summed E-state index contributed by atoms with van der Waals surface area (Å²) in [6.45, 7) is 14.8. The summed E-state index contributed by atoms with van der Waals surface area (Å²) < 4.78 is 0. The van der Waals surface area contributed by atoms with E-state index in [0.29, 0.717) is 5.92 Å². The van der Waals surface area contributed by atoms with E-state index in [9.17, 15) is 0 Å². The zero-order valence-electron chi connectivity index (χ0n) is 16.7. The maximum atomic E-state index is 9.01. The molecule has 0 bridgehead atoms. The van der Waals surface area contributed by atoms with Crippen molar-refractivity contribution in [1.29, 1.82) is 0 Å². The summed E-state index contributed by atoms with van der Waals surface area (Å²) in [4.78, 5) is 2.38. The van der Waals surface area contributed by atoms with Gasteiger partial charge in [-0.25, -0.2) is 0 Å². The van der Waals surface area contributed by atoms with Gasteiger partial charge in [-0.1, -0.05) is 52.0 Å². The minimum atomic E-state index is 0.235. The molecule has 0 unspecified atom stereocenters. The van der Waals surface area contributed by atoms with Crippen molar-refractivity contribution in [3.05, 3.63) is 35.4 Å². The Hall–Kier alpha value is -0.900. The van der Waals surface area contributed by atoms with Crippen LogP contribution < -0.4 is 5.32 Å². The van der Waals surface area contributed by atoms with Gasteiger partial charge in [-0.15, -0.1) is 0 Å².